The van der Waals surface area contributed by atoms with Crippen LogP contribution in [0.4, 0.5) is 5.69 Å². The van der Waals surface area contributed by atoms with Crippen LogP contribution in [0.1, 0.15) is 20.8 Å². The molecule has 0 aliphatic heterocycles. The lowest BCUT2D eigenvalue weighted by molar-refractivity contribution is -0.149. The molecule has 1 rings (SSSR count). The number of anilines is 1. The Morgan fingerprint density at radius 2 is 1.79 bits per heavy atom. The molecule has 76 valence electrons. The van der Waals surface area contributed by atoms with Crippen molar-refractivity contribution in [1.82, 2.24) is 0 Å². The van der Waals surface area contributed by atoms with Gasteiger partial charge in [0.15, 0.2) is 0 Å². The predicted molar refractivity (Wildman–Crippen MR) is 55.6 cm³/mol. The summed E-state index contributed by atoms with van der Waals surface area (Å²) < 4.78 is 0. The van der Waals surface area contributed by atoms with Crippen LogP contribution in [0, 0.1) is 5.41 Å². The van der Waals surface area contributed by atoms with Gasteiger partial charge in [-0.1, -0.05) is 18.2 Å². The molecule has 0 aliphatic carbocycles. The van der Waals surface area contributed by atoms with E-state index in [2.05, 4.69) is 5.48 Å². The quantitative estimate of drug-likeness (QED) is 0.734. The highest BCUT2D eigenvalue weighted by molar-refractivity contribution is 5.76. The van der Waals surface area contributed by atoms with Crippen molar-refractivity contribution in [2.75, 3.05) is 5.48 Å². The summed E-state index contributed by atoms with van der Waals surface area (Å²) in [6.07, 6.45) is 0. The highest BCUT2D eigenvalue weighted by Gasteiger charge is 2.23. The van der Waals surface area contributed by atoms with Gasteiger partial charge in [0.05, 0.1) is 11.1 Å². The molecule has 0 saturated heterocycles. The number of carbonyl (C=O) groups is 1. The van der Waals surface area contributed by atoms with Crippen LogP contribution in [0.2, 0.25) is 0 Å². The van der Waals surface area contributed by atoms with Gasteiger partial charge in [0.2, 0.25) is 0 Å². The molecule has 0 spiro atoms. The van der Waals surface area contributed by atoms with E-state index < -0.39 is 5.41 Å². The normalized spacial score (nSPS) is 10.8. The van der Waals surface area contributed by atoms with Crippen LogP contribution in [-0.4, -0.2) is 5.97 Å². The van der Waals surface area contributed by atoms with Gasteiger partial charge in [0.1, 0.15) is 0 Å². The van der Waals surface area contributed by atoms with Crippen molar-refractivity contribution in [3.05, 3.63) is 30.3 Å². The van der Waals surface area contributed by atoms with Crippen molar-refractivity contribution in [2.24, 2.45) is 5.41 Å². The molecular formula is C11H15NO2. The van der Waals surface area contributed by atoms with E-state index in [9.17, 15) is 4.79 Å². The first-order valence-electron chi connectivity index (χ1n) is 4.52. The minimum absolute atomic E-state index is 0.277. The van der Waals surface area contributed by atoms with E-state index in [1.165, 1.54) is 0 Å². The number of hydrogen-bond acceptors (Lipinski definition) is 3. The maximum absolute atomic E-state index is 11.4. The van der Waals surface area contributed by atoms with E-state index in [1.54, 1.807) is 0 Å². The van der Waals surface area contributed by atoms with Crippen LogP contribution in [0.25, 0.3) is 0 Å². The first-order chi connectivity index (χ1) is 6.50. The largest absolute Gasteiger partial charge is 0.343 e. The first-order valence-corrected chi connectivity index (χ1v) is 4.52. The van der Waals surface area contributed by atoms with Gasteiger partial charge in [-0.3, -0.25) is 0 Å². The summed E-state index contributed by atoms with van der Waals surface area (Å²) in [5.74, 6) is -0.277. The van der Waals surface area contributed by atoms with Crippen molar-refractivity contribution in [2.45, 2.75) is 20.8 Å². The molecule has 1 N–H and O–H groups in total. The second-order valence-corrected chi connectivity index (χ2v) is 4.11. The smallest absolute Gasteiger partial charge is 0.337 e. The van der Waals surface area contributed by atoms with Gasteiger partial charge in [-0.2, -0.15) is 0 Å². The van der Waals surface area contributed by atoms with E-state index in [0.717, 1.165) is 5.69 Å². The fourth-order valence-electron chi connectivity index (χ4n) is 0.765. The lowest BCUT2D eigenvalue weighted by Crippen LogP contribution is -2.25. The summed E-state index contributed by atoms with van der Waals surface area (Å²) in [7, 11) is 0. The monoisotopic (exact) mass is 193 g/mol. The molecule has 3 heteroatoms. The molecule has 1 aromatic rings. The topological polar surface area (TPSA) is 38.3 Å². The van der Waals surface area contributed by atoms with Crippen LogP contribution in [0.5, 0.6) is 0 Å². The van der Waals surface area contributed by atoms with Crippen molar-refractivity contribution in [3.8, 4) is 0 Å². The zero-order valence-corrected chi connectivity index (χ0v) is 8.70. The Morgan fingerprint density at radius 3 is 2.29 bits per heavy atom. The Hall–Kier alpha value is -1.51. The van der Waals surface area contributed by atoms with Gasteiger partial charge in [0.25, 0.3) is 0 Å². The van der Waals surface area contributed by atoms with Crippen LogP contribution >= 0.6 is 0 Å². The summed E-state index contributed by atoms with van der Waals surface area (Å²) in [6, 6.07) is 9.29. The van der Waals surface area contributed by atoms with E-state index in [4.69, 9.17) is 4.84 Å². The van der Waals surface area contributed by atoms with Crippen molar-refractivity contribution < 1.29 is 9.63 Å². The molecule has 3 nitrogen and oxygen atoms in total. The molecule has 0 heterocycles. The fourth-order valence-corrected chi connectivity index (χ4v) is 0.765. The van der Waals surface area contributed by atoms with Gasteiger partial charge < -0.3 is 4.84 Å². The van der Waals surface area contributed by atoms with Crippen LogP contribution in [-0.2, 0) is 9.63 Å². The van der Waals surface area contributed by atoms with E-state index in [1.807, 2.05) is 51.1 Å². The molecule has 0 bridgehead atoms. The van der Waals surface area contributed by atoms with Crippen LogP contribution in [0.3, 0.4) is 0 Å². The highest BCUT2D eigenvalue weighted by atomic mass is 16.7. The number of para-hydroxylation sites is 1. The molecule has 0 radical (unpaired) electrons. The Bertz CT molecular complexity index is 301. The average molecular weight is 193 g/mol. The second-order valence-electron chi connectivity index (χ2n) is 4.11. The number of carbonyl (C=O) groups excluding carboxylic acids is 1. The number of nitrogens with one attached hydrogen (secondary N) is 1. The SMILES string of the molecule is CC(C)(C)C(=O)ONc1ccccc1. The molecule has 14 heavy (non-hydrogen) atoms. The minimum atomic E-state index is -0.484. The summed E-state index contributed by atoms with van der Waals surface area (Å²) in [5, 5.41) is 0. The zero-order valence-electron chi connectivity index (χ0n) is 8.70. The number of hydrogen-bond donors (Lipinski definition) is 1. The van der Waals surface area contributed by atoms with Crippen molar-refractivity contribution in [3.63, 3.8) is 0 Å². The third-order valence-electron chi connectivity index (χ3n) is 1.65. The Kier molecular flexibility index (Phi) is 3.12. The summed E-state index contributed by atoms with van der Waals surface area (Å²) in [6.45, 7) is 5.42. The van der Waals surface area contributed by atoms with Gasteiger partial charge in [-0.25, -0.2) is 10.3 Å². The third kappa shape index (κ3) is 3.09. The Morgan fingerprint density at radius 1 is 1.21 bits per heavy atom. The third-order valence-corrected chi connectivity index (χ3v) is 1.65. The molecule has 0 aliphatic rings. The predicted octanol–water partition coefficient (Wildman–Crippen LogP) is 2.60. The molecule has 0 amide bonds. The van der Waals surface area contributed by atoms with Crippen molar-refractivity contribution >= 4 is 11.7 Å². The van der Waals surface area contributed by atoms with Crippen molar-refractivity contribution in [1.29, 1.82) is 0 Å². The molecule has 0 atom stereocenters. The second kappa shape index (κ2) is 4.13. The van der Waals surface area contributed by atoms with Gasteiger partial charge in [-0.05, 0) is 32.9 Å². The van der Waals surface area contributed by atoms with Gasteiger partial charge >= 0.3 is 5.97 Å². The first kappa shape index (κ1) is 10.6. The van der Waals surface area contributed by atoms with Gasteiger partial charge in [0, 0.05) is 0 Å². The maximum atomic E-state index is 11.4. The number of benzene rings is 1. The molecule has 0 aromatic heterocycles. The maximum Gasteiger partial charge on any atom is 0.337 e. The molecule has 0 unspecified atom stereocenters. The standard InChI is InChI=1S/C11H15NO2/c1-11(2,3)10(13)14-12-9-7-5-4-6-8-9/h4-8,12H,1-3H3. The fraction of sp³-hybridized carbons (Fsp3) is 0.364. The molecule has 0 saturated carbocycles. The minimum Gasteiger partial charge on any atom is -0.343 e. The molecule has 1 aromatic carbocycles. The van der Waals surface area contributed by atoms with Crippen LogP contribution < -0.4 is 5.48 Å². The van der Waals surface area contributed by atoms with E-state index in [-0.39, 0.29) is 5.97 Å². The average Bonchev–Trinajstić information content (AvgIpc) is 2.14. The molecular weight excluding hydrogens is 178 g/mol. The summed E-state index contributed by atoms with van der Waals surface area (Å²) in [4.78, 5) is 16.3. The highest BCUT2D eigenvalue weighted by Crippen LogP contribution is 2.15. The van der Waals surface area contributed by atoms with E-state index in [0.29, 0.717) is 0 Å². The lowest BCUT2D eigenvalue weighted by atomic mass is 9.98. The van der Waals surface area contributed by atoms with Crippen LogP contribution in [0.15, 0.2) is 30.3 Å². The lowest BCUT2D eigenvalue weighted by Gasteiger charge is -2.16. The zero-order chi connectivity index (χ0) is 10.6. The number of rotatable bonds is 2. The summed E-state index contributed by atoms with van der Waals surface area (Å²) in [5.41, 5.74) is 2.89. The van der Waals surface area contributed by atoms with Gasteiger partial charge in [-0.15, -0.1) is 0 Å². The van der Waals surface area contributed by atoms with E-state index >= 15 is 0 Å². The Labute approximate surface area is 84.0 Å². The molecule has 0 fully saturated rings. The summed E-state index contributed by atoms with van der Waals surface area (Å²) >= 11 is 0. The Balaban J connectivity index is 2.46.